The van der Waals surface area contributed by atoms with Crippen LogP contribution in [0.2, 0.25) is 4.34 Å². The van der Waals surface area contributed by atoms with Crippen molar-refractivity contribution in [1.82, 2.24) is 14.7 Å². The van der Waals surface area contributed by atoms with Crippen molar-refractivity contribution < 1.29 is 4.42 Å². The van der Waals surface area contributed by atoms with Gasteiger partial charge in [-0.2, -0.15) is 0 Å². The zero-order chi connectivity index (χ0) is 15.5. The molecule has 114 valence electrons. The van der Waals surface area contributed by atoms with E-state index in [0.717, 1.165) is 16.4 Å². The molecule has 0 aliphatic carbocycles. The molecule has 4 nitrogen and oxygen atoms in total. The first kappa shape index (κ1) is 15.4. The molecule has 0 aliphatic rings. The van der Waals surface area contributed by atoms with Crippen LogP contribution in [-0.2, 0) is 13.2 Å². The SMILES string of the molecule is CN(Cc1ccc(Cl)s1)Cn1nc(-c2ccccc2)oc1=S. The van der Waals surface area contributed by atoms with E-state index in [-0.39, 0.29) is 0 Å². The Kier molecular flexibility index (Phi) is 4.73. The number of hydrogen-bond acceptors (Lipinski definition) is 5. The fraction of sp³-hybridized carbons (Fsp3) is 0.200. The summed E-state index contributed by atoms with van der Waals surface area (Å²) in [7, 11) is 2.01. The molecule has 0 saturated heterocycles. The van der Waals surface area contributed by atoms with Crippen molar-refractivity contribution in [3.63, 3.8) is 0 Å². The topological polar surface area (TPSA) is 34.2 Å². The van der Waals surface area contributed by atoms with E-state index in [1.54, 1.807) is 16.0 Å². The molecule has 0 bridgehead atoms. The highest BCUT2D eigenvalue weighted by molar-refractivity contribution is 7.71. The lowest BCUT2D eigenvalue weighted by Gasteiger charge is -2.14. The summed E-state index contributed by atoms with van der Waals surface area (Å²) in [5.74, 6) is 0.540. The van der Waals surface area contributed by atoms with Crippen LogP contribution < -0.4 is 0 Å². The van der Waals surface area contributed by atoms with Gasteiger partial charge in [-0.05, 0) is 43.5 Å². The van der Waals surface area contributed by atoms with Crippen molar-refractivity contribution in [1.29, 1.82) is 0 Å². The highest BCUT2D eigenvalue weighted by Crippen LogP contribution is 2.22. The minimum atomic E-state index is 0.370. The van der Waals surface area contributed by atoms with Gasteiger partial charge in [0.1, 0.15) is 0 Å². The highest BCUT2D eigenvalue weighted by atomic mass is 35.5. The molecular weight excluding hydrogens is 338 g/mol. The molecule has 7 heteroatoms. The van der Waals surface area contributed by atoms with Gasteiger partial charge in [-0.15, -0.1) is 16.4 Å². The molecule has 0 atom stereocenters. The predicted octanol–water partition coefficient (Wildman–Crippen LogP) is 4.68. The second-order valence-corrected chi connectivity index (χ2v) is 7.05. The smallest absolute Gasteiger partial charge is 0.288 e. The fourth-order valence-electron chi connectivity index (χ4n) is 2.07. The van der Waals surface area contributed by atoms with Gasteiger partial charge < -0.3 is 4.42 Å². The number of aromatic nitrogens is 2. The van der Waals surface area contributed by atoms with E-state index in [2.05, 4.69) is 10.00 Å². The maximum Gasteiger partial charge on any atom is 0.288 e. The summed E-state index contributed by atoms with van der Waals surface area (Å²) in [4.78, 5) is 3.68. The average molecular weight is 352 g/mol. The Morgan fingerprint density at radius 1 is 1.27 bits per heavy atom. The van der Waals surface area contributed by atoms with Gasteiger partial charge in [-0.25, -0.2) is 4.68 Å². The third-order valence-corrected chi connectivity index (χ3v) is 4.57. The van der Waals surface area contributed by atoms with Crippen LogP contribution in [0, 0.1) is 4.84 Å². The van der Waals surface area contributed by atoms with Gasteiger partial charge in [-0.3, -0.25) is 4.90 Å². The molecular formula is C15H14ClN3OS2. The molecule has 0 radical (unpaired) electrons. The van der Waals surface area contributed by atoms with Crippen molar-refractivity contribution in [2.45, 2.75) is 13.2 Å². The molecule has 3 rings (SSSR count). The molecule has 0 N–H and O–H groups in total. The summed E-state index contributed by atoms with van der Waals surface area (Å²) < 4.78 is 8.06. The van der Waals surface area contributed by atoms with Gasteiger partial charge in [0, 0.05) is 17.0 Å². The quantitative estimate of drug-likeness (QED) is 0.625. The van der Waals surface area contributed by atoms with Crippen LogP contribution in [0.5, 0.6) is 0 Å². The monoisotopic (exact) mass is 351 g/mol. The molecule has 0 amide bonds. The van der Waals surface area contributed by atoms with Crippen LogP contribution in [0.1, 0.15) is 4.88 Å². The Morgan fingerprint density at radius 3 is 2.73 bits per heavy atom. The van der Waals surface area contributed by atoms with E-state index < -0.39 is 0 Å². The lowest BCUT2D eigenvalue weighted by molar-refractivity contribution is 0.242. The van der Waals surface area contributed by atoms with Gasteiger partial charge >= 0.3 is 0 Å². The molecule has 22 heavy (non-hydrogen) atoms. The molecule has 0 saturated carbocycles. The highest BCUT2D eigenvalue weighted by Gasteiger charge is 2.10. The minimum absolute atomic E-state index is 0.370. The average Bonchev–Trinajstić information content (AvgIpc) is 3.07. The second-order valence-electron chi connectivity index (χ2n) is 4.90. The zero-order valence-electron chi connectivity index (χ0n) is 11.9. The van der Waals surface area contributed by atoms with Crippen molar-refractivity contribution in [2.75, 3.05) is 7.05 Å². The summed E-state index contributed by atoms with van der Waals surface area (Å²) in [6.45, 7) is 1.34. The molecule has 1 aromatic carbocycles. The van der Waals surface area contributed by atoms with Crippen LogP contribution in [-0.4, -0.2) is 21.7 Å². The number of benzene rings is 1. The Bertz CT molecular complexity index is 810. The van der Waals surface area contributed by atoms with Crippen LogP contribution in [0.25, 0.3) is 11.5 Å². The summed E-state index contributed by atoms with van der Waals surface area (Å²) in [5, 5.41) is 4.45. The van der Waals surface area contributed by atoms with Crippen molar-refractivity contribution in [3.8, 4) is 11.5 Å². The third-order valence-electron chi connectivity index (χ3n) is 3.06. The van der Waals surface area contributed by atoms with Crippen LogP contribution in [0.3, 0.4) is 0 Å². The number of nitrogens with zero attached hydrogens (tertiary/aromatic N) is 3. The van der Waals surface area contributed by atoms with E-state index in [9.17, 15) is 0 Å². The maximum absolute atomic E-state index is 5.95. The molecule has 2 aromatic heterocycles. The minimum Gasteiger partial charge on any atom is -0.409 e. The van der Waals surface area contributed by atoms with Gasteiger partial charge in [0.15, 0.2) is 0 Å². The van der Waals surface area contributed by atoms with E-state index in [4.69, 9.17) is 28.2 Å². The Labute approximate surface area is 142 Å². The van der Waals surface area contributed by atoms with Gasteiger partial charge in [-0.1, -0.05) is 29.8 Å². The van der Waals surface area contributed by atoms with Crippen molar-refractivity contribution >= 4 is 35.2 Å². The second kappa shape index (κ2) is 6.75. The van der Waals surface area contributed by atoms with E-state index >= 15 is 0 Å². The first-order chi connectivity index (χ1) is 10.6. The largest absolute Gasteiger partial charge is 0.409 e. The number of rotatable bonds is 5. The van der Waals surface area contributed by atoms with Crippen molar-refractivity contribution in [2.24, 2.45) is 0 Å². The van der Waals surface area contributed by atoms with Crippen LogP contribution >= 0.6 is 35.2 Å². The van der Waals surface area contributed by atoms with Crippen LogP contribution in [0.4, 0.5) is 0 Å². The molecule has 0 spiro atoms. The first-order valence-electron chi connectivity index (χ1n) is 6.68. The maximum atomic E-state index is 5.95. The van der Waals surface area contributed by atoms with E-state index in [0.29, 0.717) is 17.4 Å². The zero-order valence-corrected chi connectivity index (χ0v) is 14.3. The van der Waals surface area contributed by atoms with Gasteiger partial charge in [0.25, 0.3) is 4.84 Å². The Balaban J connectivity index is 1.73. The van der Waals surface area contributed by atoms with Gasteiger partial charge in [0.05, 0.1) is 11.0 Å². The number of hydrogen-bond donors (Lipinski definition) is 0. The summed E-state index contributed by atoms with van der Waals surface area (Å²) in [6, 6.07) is 13.7. The lowest BCUT2D eigenvalue weighted by Crippen LogP contribution is -2.22. The summed E-state index contributed by atoms with van der Waals surface area (Å²) in [5.41, 5.74) is 0.917. The molecule has 0 fully saturated rings. The lowest BCUT2D eigenvalue weighted by atomic mass is 10.2. The molecule has 0 unspecified atom stereocenters. The van der Waals surface area contributed by atoms with E-state index in [1.165, 1.54) is 4.88 Å². The number of thiophene rings is 1. The standard InChI is InChI=1S/C15H14ClN3OS2/c1-18(9-12-7-8-13(16)22-12)10-19-15(21)20-14(17-19)11-5-3-2-4-6-11/h2-8H,9-10H2,1H3. The normalized spacial score (nSPS) is 11.2. The fourth-order valence-corrected chi connectivity index (χ4v) is 3.42. The van der Waals surface area contributed by atoms with E-state index in [1.807, 2.05) is 49.5 Å². The molecule has 0 aliphatic heterocycles. The summed E-state index contributed by atoms with van der Waals surface area (Å²) >= 11 is 12.8. The first-order valence-corrected chi connectivity index (χ1v) is 8.28. The van der Waals surface area contributed by atoms with Crippen LogP contribution in [0.15, 0.2) is 46.9 Å². The Hall–Kier alpha value is -1.47. The van der Waals surface area contributed by atoms with Gasteiger partial charge in [0.2, 0.25) is 5.89 Å². The Morgan fingerprint density at radius 2 is 2.05 bits per heavy atom. The summed E-state index contributed by atoms with van der Waals surface area (Å²) in [6.07, 6.45) is 0. The third kappa shape index (κ3) is 3.64. The molecule has 2 heterocycles. The molecule has 3 aromatic rings. The number of halogens is 1. The predicted molar refractivity (Wildman–Crippen MR) is 91.6 cm³/mol. The van der Waals surface area contributed by atoms with Crippen molar-refractivity contribution in [3.05, 3.63) is 56.5 Å².